The smallest absolute Gasteiger partial charge is 0.257 e. The van der Waals surface area contributed by atoms with E-state index in [2.05, 4.69) is 4.90 Å². The highest BCUT2D eigenvalue weighted by Crippen LogP contribution is 2.23. The first kappa shape index (κ1) is 17.3. The second-order valence-corrected chi connectivity index (χ2v) is 6.89. The molecular weight excluding hydrogens is 314 g/mol. The van der Waals surface area contributed by atoms with Crippen molar-refractivity contribution >= 4 is 5.91 Å². The van der Waals surface area contributed by atoms with E-state index < -0.39 is 11.6 Å². The van der Waals surface area contributed by atoms with Crippen LogP contribution in [0.2, 0.25) is 0 Å². The van der Waals surface area contributed by atoms with Crippen molar-refractivity contribution in [2.45, 2.75) is 44.9 Å². The van der Waals surface area contributed by atoms with Gasteiger partial charge in [-0.3, -0.25) is 9.69 Å². The van der Waals surface area contributed by atoms with Crippen LogP contribution in [0, 0.1) is 11.6 Å². The van der Waals surface area contributed by atoms with Crippen LogP contribution in [-0.4, -0.2) is 60.1 Å². The van der Waals surface area contributed by atoms with Crippen LogP contribution in [0.25, 0.3) is 0 Å². The standard InChI is InChI=1S/C18H24F2N2O2/c1-12-9-21(10-13(2)24-12)11-15-4-3-7-22(15)18(23)16-6-5-14(19)8-17(16)20/h5-6,8,12-13,15H,3-4,7,9-11H2,1-2H3/t12-,13+,15-/m0/s1. The molecule has 24 heavy (non-hydrogen) atoms. The van der Waals surface area contributed by atoms with Crippen molar-refractivity contribution in [1.29, 1.82) is 0 Å². The second kappa shape index (κ2) is 7.15. The quantitative estimate of drug-likeness (QED) is 0.849. The Labute approximate surface area is 141 Å². The molecule has 0 radical (unpaired) electrons. The number of likely N-dealkylation sites (tertiary alicyclic amines) is 1. The normalized spacial score (nSPS) is 28.3. The zero-order chi connectivity index (χ0) is 17.3. The lowest BCUT2D eigenvalue weighted by Gasteiger charge is -2.38. The van der Waals surface area contributed by atoms with E-state index in [1.807, 2.05) is 13.8 Å². The Balaban J connectivity index is 1.69. The Kier molecular flexibility index (Phi) is 5.15. The van der Waals surface area contributed by atoms with Crippen molar-refractivity contribution in [3.05, 3.63) is 35.4 Å². The highest BCUT2D eigenvalue weighted by atomic mass is 19.1. The van der Waals surface area contributed by atoms with Crippen LogP contribution in [0.5, 0.6) is 0 Å². The predicted octanol–water partition coefficient (Wildman–Crippen LogP) is 2.68. The van der Waals surface area contributed by atoms with Gasteiger partial charge in [-0.05, 0) is 38.8 Å². The van der Waals surface area contributed by atoms with Crippen LogP contribution in [0.4, 0.5) is 8.78 Å². The number of hydrogen-bond acceptors (Lipinski definition) is 3. The molecule has 0 N–H and O–H groups in total. The molecule has 0 aromatic heterocycles. The van der Waals surface area contributed by atoms with E-state index in [-0.39, 0.29) is 29.7 Å². The van der Waals surface area contributed by atoms with Crippen LogP contribution in [0.3, 0.4) is 0 Å². The summed E-state index contributed by atoms with van der Waals surface area (Å²) in [5.74, 6) is -1.80. The fourth-order valence-electron chi connectivity index (χ4n) is 3.84. The van der Waals surface area contributed by atoms with Crippen molar-refractivity contribution < 1.29 is 18.3 Å². The summed E-state index contributed by atoms with van der Waals surface area (Å²) in [6.45, 7) is 7.17. The Bertz CT molecular complexity index is 601. The highest BCUT2D eigenvalue weighted by Gasteiger charge is 2.33. The van der Waals surface area contributed by atoms with Crippen molar-refractivity contribution in [2.24, 2.45) is 0 Å². The number of benzene rings is 1. The third-order valence-electron chi connectivity index (χ3n) is 4.76. The van der Waals surface area contributed by atoms with Crippen molar-refractivity contribution in [1.82, 2.24) is 9.80 Å². The molecular formula is C18H24F2N2O2. The molecule has 2 fully saturated rings. The largest absolute Gasteiger partial charge is 0.373 e. The maximum atomic E-state index is 13.9. The van der Waals surface area contributed by atoms with E-state index in [4.69, 9.17) is 4.74 Å². The van der Waals surface area contributed by atoms with E-state index in [1.165, 1.54) is 6.07 Å². The molecule has 1 aromatic carbocycles. The first-order valence-electron chi connectivity index (χ1n) is 8.58. The molecule has 2 saturated heterocycles. The van der Waals surface area contributed by atoms with Gasteiger partial charge in [-0.25, -0.2) is 8.78 Å². The number of carbonyl (C=O) groups excluding carboxylic acids is 1. The van der Waals surface area contributed by atoms with Gasteiger partial charge in [-0.15, -0.1) is 0 Å². The third kappa shape index (κ3) is 3.75. The SMILES string of the molecule is C[C@@H]1CN(C[C@@H]2CCCN2C(=O)c2ccc(F)cc2F)C[C@H](C)O1. The number of carbonyl (C=O) groups is 1. The van der Waals surface area contributed by atoms with E-state index in [0.29, 0.717) is 6.54 Å². The summed E-state index contributed by atoms with van der Waals surface area (Å²) in [6.07, 6.45) is 2.17. The summed E-state index contributed by atoms with van der Waals surface area (Å²) in [6, 6.07) is 3.21. The fraction of sp³-hybridized carbons (Fsp3) is 0.611. The molecule has 0 saturated carbocycles. The van der Waals surface area contributed by atoms with Crippen molar-refractivity contribution in [3.8, 4) is 0 Å². The molecule has 1 amide bonds. The Morgan fingerprint density at radius 3 is 2.62 bits per heavy atom. The van der Waals surface area contributed by atoms with Crippen molar-refractivity contribution in [2.75, 3.05) is 26.2 Å². The Morgan fingerprint density at radius 1 is 1.25 bits per heavy atom. The molecule has 2 heterocycles. The van der Waals surface area contributed by atoms with E-state index >= 15 is 0 Å². The van der Waals surface area contributed by atoms with Gasteiger partial charge >= 0.3 is 0 Å². The Morgan fingerprint density at radius 2 is 1.96 bits per heavy atom. The van der Waals surface area contributed by atoms with Crippen LogP contribution < -0.4 is 0 Å². The molecule has 0 spiro atoms. The number of halogens is 2. The molecule has 0 aliphatic carbocycles. The van der Waals surface area contributed by atoms with Crippen LogP contribution >= 0.6 is 0 Å². The fourth-order valence-corrected chi connectivity index (χ4v) is 3.84. The van der Waals surface area contributed by atoms with E-state index in [9.17, 15) is 13.6 Å². The summed E-state index contributed by atoms with van der Waals surface area (Å²) in [7, 11) is 0. The lowest BCUT2D eigenvalue weighted by molar-refractivity contribution is -0.0715. The number of hydrogen-bond donors (Lipinski definition) is 0. The van der Waals surface area contributed by atoms with Crippen LogP contribution in [0.15, 0.2) is 18.2 Å². The topological polar surface area (TPSA) is 32.8 Å². The molecule has 6 heteroatoms. The lowest BCUT2D eigenvalue weighted by Crippen LogP contribution is -2.51. The summed E-state index contributed by atoms with van der Waals surface area (Å²) in [5, 5.41) is 0. The van der Waals surface area contributed by atoms with Gasteiger partial charge in [-0.2, -0.15) is 0 Å². The summed E-state index contributed by atoms with van der Waals surface area (Å²) >= 11 is 0. The first-order chi connectivity index (χ1) is 11.4. The van der Waals surface area contributed by atoms with Gasteiger partial charge in [0.2, 0.25) is 0 Å². The first-order valence-corrected chi connectivity index (χ1v) is 8.58. The van der Waals surface area contributed by atoms with Gasteiger partial charge in [0.15, 0.2) is 0 Å². The number of morpholine rings is 1. The van der Waals surface area contributed by atoms with Crippen molar-refractivity contribution in [3.63, 3.8) is 0 Å². The molecule has 0 unspecified atom stereocenters. The van der Waals surface area contributed by atoms with Crippen LogP contribution in [-0.2, 0) is 4.74 Å². The minimum Gasteiger partial charge on any atom is -0.373 e. The summed E-state index contributed by atoms with van der Waals surface area (Å²) in [4.78, 5) is 16.7. The molecule has 2 aliphatic heterocycles. The van der Waals surface area contributed by atoms with Gasteiger partial charge in [0.05, 0.1) is 17.8 Å². The lowest BCUT2D eigenvalue weighted by atomic mass is 10.1. The molecule has 3 atom stereocenters. The monoisotopic (exact) mass is 338 g/mol. The number of nitrogens with zero attached hydrogens (tertiary/aromatic N) is 2. The third-order valence-corrected chi connectivity index (χ3v) is 4.76. The Hall–Kier alpha value is -1.53. The minimum absolute atomic E-state index is 0.0491. The number of rotatable bonds is 3. The van der Waals surface area contributed by atoms with E-state index in [1.54, 1.807) is 4.90 Å². The van der Waals surface area contributed by atoms with Gasteiger partial charge in [0.1, 0.15) is 11.6 Å². The molecule has 132 valence electrons. The van der Waals surface area contributed by atoms with E-state index in [0.717, 1.165) is 44.6 Å². The van der Waals surface area contributed by atoms with Gasteiger partial charge < -0.3 is 9.64 Å². The molecule has 1 aromatic rings. The maximum Gasteiger partial charge on any atom is 0.257 e. The zero-order valence-corrected chi connectivity index (χ0v) is 14.2. The average molecular weight is 338 g/mol. The van der Waals surface area contributed by atoms with Crippen LogP contribution in [0.1, 0.15) is 37.0 Å². The summed E-state index contributed by atoms with van der Waals surface area (Å²) < 4.78 is 32.7. The number of ether oxygens (including phenoxy) is 1. The van der Waals surface area contributed by atoms with Gasteiger partial charge in [0.25, 0.3) is 5.91 Å². The average Bonchev–Trinajstić information content (AvgIpc) is 2.93. The van der Waals surface area contributed by atoms with Gasteiger partial charge in [0, 0.05) is 38.3 Å². The summed E-state index contributed by atoms with van der Waals surface area (Å²) in [5.41, 5.74) is -0.0491. The molecule has 0 bridgehead atoms. The predicted molar refractivity (Wildman–Crippen MR) is 86.9 cm³/mol. The highest BCUT2D eigenvalue weighted by molar-refractivity contribution is 5.94. The second-order valence-electron chi connectivity index (χ2n) is 6.89. The maximum absolute atomic E-state index is 13.9. The number of amides is 1. The molecule has 4 nitrogen and oxygen atoms in total. The molecule has 2 aliphatic rings. The molecule has 3 rings (SSSR count). The zero-order valence-electron chi connectivity index (χ0n) is 14.2. The van der Waals surface area contributed by atoms with Gasteiger partial charge in [-0.1, -0.05) is 0 Å². The minimum atomic E-state index is -0.792.